The van der Waals surface area contributed by atoms with Crippen LogP contribution in [0.15, 0.2) is 53.7 Å². The number of pyridine rings is 2. The average molecular weight is 597 g/mol. The molecule has 6 rings (SSSR count). The lowest BCUT2D eigenvalue weighted by Gasteiger charge is -2.33. The molecular formula is C29H30F2N6O4S. The normalized spacial score (nSPS) is 15.6. The monoisotopic (exact) mass is 596 g/mol. The lowest BCUT2D eigenvalue weighted by Crippen LogP contribution is -2.27. The SMILES string of the molecule is Cc1nnn(C)c1-c1cnc2c3c(OCC(F)F)ncc(S(C)(=O)=O)c3n([C@H](c3ccccc3)C3CCOCC3)c2c1. The van der Waals surface area contributed by atoms with E-state index in [0.29, 0.717) is 35.5 Å². The van der Waals surface area contributed by atoms with Crippen molar-refractivity contribution in [3.05, 3.63) is 60.0 Å². The summed E-state index contributed by atoms with van der Waals surface area (Å²) in [6, 6.07) is 11.4. The molecule has 1 aliphatic heterocycles. The summed E-state index contributed by atoms with van der Waals surface area (Å²) in [7, 11) is -2.04. The van der Waals surface area contributed by atoms with Gasteiger partial charge in [0.2, 0.25) is 5.88 Å². The van der Waals surface area contributed by atoms with Gasteiger partial charge in [-0.3, -0.25) is 4.98 Å². The number of nitrogens with zero attached hydrogens (tertiary/aromatic N) is 6. The number of ether oxygens (including phenoxy) is 2. The van der Waals surface area contributed by atoms with Gasteiger partial charge >= 0.3 is 0 Å². The molecule has 13 heteroatoms. The van der Waals surface area contributed by atoms with Crippen LogP contribution in [0.3, 0.4) is 0 Å². The number of hydrogen-bond acceptors (Lipinski definition) is 8. The van der Waals surface area contributed by atoms with E-state index in [-0.39, 0.29) is 28.1 Å². The van der Waals surface area contributed by atoms with E-state index in [4.69, 9.17) is 14.5 Å². The topological polar surface area (TPSA) is 114 Å². The smallest absolute Gasteiger partial charge is 0.272 e. The number of aryl methyl sites for hydroxylation is 2. The second-order valence-corrected chi connectivity index (χ2v) is 12.5. The van der Waals surface area contributed by atoms with E-state index >= 15 is 0 Å². The van der Waals surface area contributed by atoms with Crippen molar-refractivity contribution in [3.8, 4) is 17.1 Å². The number of benzene rings is 1. The number of aromatic nitrogens is 6. The summed E-state index contributed by atoms with van der Waals surface area (Å²) in [6.45, 7) is 2.08. The molecule has 0 bridgehead atoms. The number of fused-ring (bicyclic) bond motifs is 3. The van der Waals surface area contributed by atoms with Crippen LogP contribution in [-0.4, -0.2) is 70.4 Å². The van der Waals surface area contributed by atoms with Crippen molar-refractivity contribution in [3.63, 3.8) is 0 Å². The van der Waals surface area contributed by atoms with E-state index in [1.165, 1.54) is 6.20 Å². The summed E-state index contributed by atoms with van der Waals surface area (Å²) in [6.07, 6.45) is 2.69. The first-order valence-corrected chi connectivity index (χ1v) is 15.5. The highest BCUT2D eigenvalue weighted by Crippen LogP contribution is 2.45. The Bertz CT molecular complexity index is 1850. The van der Waals surface area contributed by atoms with Crippen LogP contribution >= 0.6 is 0 Å². The van der Waals surface area contributed by atoms with Crippen LogP contribution in [0.25, 0.3) is 33.2 Å². The largest absolute Gasteiger partial charge is 0.471 e. The molecule has 10 nitrogen and oxygen atoms in total. The molecule has 0 radical (unpaired) electrons. The van der Waals surface area contributed by atoms with Gasteiger partial charge in [-0.2, -0.15) is 0 Å². The van der Waals surface area contributed by atoms with E-state index in [2.05, 4.69) is 15.3 Å². The Balaban J connectivity index is 1.77. The zero-order valence-corrected chi connectivity index (χ0v) is 24.2. The number of hydrogen-bond donors (Lipinski definition) is 0. The van der Waals surface area contributed by atoms with E-state index < -0.39 is 22.9 Å². The van der Waals surface area contributed by atoms with Crippen LogP contribution in [0.2, 0.25) is 0 Å². The van der Waals surface area contributed by atoms with Gasteiger partial charge in [-0.05, 0) is 37.3 Å². The highest BCUT2D eigenvalue weighted by molar-refractivity contribution is 7.91. The molecule has 0 unspecified atom stereocenters. The molecule has 1 fully saturated rings. The summed E-state index contributed by atoms with van der Waals surface area (Å²) in [5, 5.41) is 8.58. The minimum Gasteiger partial charge on any atom is -0.471 e. The van der Waals surface area contributed by atoms with Crippen molar-refractivity contribution in [1.82, 2.24) is 29.5 Å². The third-order valence-corrected chi connectivity index (χ3v) is 8.83. The maximum absolute atomic E-state index is 13.3. The van der Waals surface area contributed by atoms with Crippen LogP contribution in [-0.2, 0) is 21.6 Å². The molecule has 1 atom stereocenters. The van der Waals surface area contributed by atoms with Crippen molar-refractivity contribution in [2.75, 3.05) is 26.1 Å². The standard InChI is InChI=1S/C29H30F2N6O4S/c1-17-26(36(2)35-34-17)20-13-21-25(32-14-20)24-28(22(42(3,38)39)15-33-29(24)41-16-23(30)31)37(21)27(18-7-5-4-6-8-18)19-9-11-40-12-10-19/h4-8,13-15,19,23,27H,9-12,16H2,1-3H3/t27-/m1/s1. The molecule has 5 aromatic rings. The predicted octanol–water partition coefficient (Wildman–Crippen LogP) is 4.75. The quantitative estimate of drug-likeness (QED) is 0.252. The molecule has 1 aromatic carbocycles. The Labute approximate surface area is 241 Å². The molecule has 0 saturated carbocycles. The summed E-state index contributed by atoms with van der Waals surface area (Å²) in [5.41, 5.74) is 4.47. The van der Waals surface area contributed by atoms with Gasteiger partial charge in [-0.1, -0.05) is 35.5 Å². The molecule has 0 spiro atoms. The lowest BCUT2D eigenvalue weighted by atomic mass is 9.86. The third-order valence-electron chi connectivity index (χ3n) is 7.73. The van der Waals surface area contributed by atoms with E-state index in [0.717, 1.165) is 35.9 Å². The molecule has 5 heterocycles. The molecule has 42 heavy (non-hydrogen) atoms. The summed E-state index contributed by atoms with van der Waals surface area (Å²) in [5.74, 6) is -0.0198. The minimum atomic E-state index is -3.82. The van der Waals surface area contributed by atoms with Crippen LogP contribution in [0.4, 0.5) is 8.78 Å². The maximum atomic E-state index is 13.3. The molecule has 4 aromatic heterocycles. The van der Waals surface area contributed by atoms with Gasteiger partial charge in [-0.25, -0.2) is 26.9 Å². The highest BCUT2D eigenvalue weighted by Gasteiger charge is 2.34. The zero-order valence-electron chi connectivity index (χ0n) is 23.4. The molecule has 1 aliphatic rings. The summed E-state index contributed by atoms with van der Waals surface area (Å²) in [4.78, 5) is 8.97. The van der Waals surface area contributed by atoms with E-state index in [1.54, 1.807) is 17.9 Å². The number of alkyl halides is 2. The van der Waals surface area contributed by atoms with Crippen molar-refractivity contribution in [2.45, 2.75) is 37.1 Å². The van der Waals surface area contributed by atoms with Gasteiger partial charge in [-0.15, -0.1) is 5.10 Å². The Kier molecular flexibility index (Phi) is 7.39. The predicted molar refractivity (Wildman–Crippen MR) is 153 cm³/mol. The molecule has 0 N–H and O–H groups in total. The first-order chi connectivity index (χ1) is 20.1. The summed E-state index contributed by atoms with van der Waals surface area (Å²) < 4.78 is 67.9. The van der Waals surface area contributed by atoms with Gasteiger partial charge in [0, 0.05) is 38.3 Å². The molecular weight excluding hydrogens is 566 g/mol. The molecule has 0 aliphatic carbocycles. The van der Waals surface area contributed by atoms with Gasteiger partial charge in [0.15, 0.2) is 16.4 Å². The van der Waals surface area contributed by atoms with Crippen LogP contribution in [0.5, 0.6) is 5.88 Å². The van der Waals surface area contributed by atoms with Gasteiger partial charge in [0.05, 0.1) is 40.0 Å². The molecule has 1 saturated heterocycles. The average Bonchev–Trinajstić information content (AvgIpc) is 3.48. The third kappa shape index (κ3) is 5.00. The first-order valence-electron chi connectivity index (χ1n) is 13.6. The maximum Gasteiger partial charge on any atom is 0.272 e. The minimum absolute atomic E-state index is 0.0344. The van der Waals surface area contributed by atoms with Crippen LogP contribution < -0.4 is 4.74 Å². The van der Waals surface area contributed by atoms with Gasteiger partial charge in [0.1, 0.15) is 10.4 Å². The first kappa shape index (κ1) is 28.2. The van der Waals surface area contributed by atoms with Gasteiger partial charge < -0.3 is 14.0 Å². The van der Waals surface area contributed by atoms with Crippen molar-refractivity contribution < 1.29 is 26.7 Å². The molecule has 220 valence electrons. The Morgan fingerprint density at radius 1 is 1.12 bits per heavy atom. The highest BCUT2D eigenvalue weighted by atomic mass is 32.2. The Morgan fingerprint density at radius 2 is 1.86 bits per heavy atom. The number of sulfone groups is 1. The molecule has 0 amide bonds. The van der Waals surface area contributed by atoms with Crippen molar-refractivity contribution in [2.24, 2.45) is 13.0 Å². The van der Waals surface area contributed by atoms with Crippen molar-refractivity contribution in [1.29, 1.82) is 0 Å². The van der Waals surface area contributed by atoms with Crippen LogP contribution in [0, 0.1) is 12.8 Å². The van der Waals surface area contributed by atoms with Crippen molar-refractivity contribution >= 4 is 31.8 Å². The second-order valence-electron chi connectivity index (χ2n) is 10.5. The summed E-state index contributed by atoms with van der Waals surface area (Å²) >= 11 is 0. The number of rotatable bonds is 8. The lowest BCUT2D eigenvalue weighted by molar-refractivity contribution is 0.0552. The number of halogens is 2. The zero-order chi connectivity index (χ0) is 29.6. The van der Waals surface area contributed by atoms with Crippen LogP contribution in [0.1, 0.15) is 30.1 Å². The fourth-order valence-electron chi connectivity index (χ4n) is 5.98. The van der Waals surface area contributed by atoms with E-state index in [1.807, 2.05) is 47.9 Å². The van der Waals surface area contributed by atoms with E-state index in [9.17, 15) is 17.2 Å². The van der Waals surface area contributed by atoms with Gasteiger partial charge in [0.25, 0.3) is 6.43 Å². The second kappa shape index (κ2) is 11.0. The Hall–Kier alpha value is -3.97. The Morgan fingerprint density at radius 3 is 2.50 bits per heavy atom. The fraction of sp³-hybridized carbons (Fsp3) is 0.379. The fourth-order valence-corrected chi connectivity index (χ4v) is 6.78.